The minimum Gasteiger partial charge on any atom is -0.372 e. The van der Waals surface area contributed by atoms with Crippen LogP contribution in [0, 0.1) is 11.8 Å². The Labute approximate surface area is 157 Å². The molecule has 0 aromatic rings. The lowest BCUT2D eigenvalue weighted by Gasteiger charge is -2.40. The molecule has 4 N–H and O–H groups in total. The van der Waals surface area contributed by atoms with E-state index >= 15 is 0 Å². The molecular weight excluding hydrogens is 425 g/mol. The third kappa shape index (κ3) is 7.96. The molecule has 0 bridgehead atoms. The van der Waals surface area contributed by atoms with Crippen molar-refractivity contribution in [1.82, 2.24) is 0 Å². The average molecular weight is 452 g/mol. The maximum Gasteiger partial charge on any atom is 0.490 e. The fourth-order valence-electron chi connectivity index (χ4n) is 3.56. The summed E-state index contributed by atoms with van der Waals surface area (Å²) in [7, 11) is -16.0. The van der Waals surface area contributed by atoms with Crippen molar-refractivity contribution in [3.8, 4) is 0 Å². The van der Waals surface area contributed by atoms with Gasteiger partial charge >= 0.3 is 23.5 Å². The van der Waals surface area contributed by atoms with Crippen LogP contribution >= 0.6 is 23.5 Å². The van der Waals surface area contributed by atoms with Gasteiger partial charge in [0.05, 0.1) is 18.8 Å². The summed E-state index contributed by atoms with van der Waals surface area (Å²) in [6.07, 6.45) is 6.81. The highest BCUT2D eigenvalue weighted by molar-refractivity contribution is 7.66. The molecule has 1 aliphatic heterocycles. The monoisotopic (exact) mass is 452 g/mol. The highest BCUT2D eigenvalue weighted by Crippen LogP contribution is 2.66. The molecule has 1 saturated heterocycles. The second-order valence-corrected chi connectivity index (χ2v) is 11.3. The van der Waals surface area contributed by atoms with Gasteiger partial charge in [-0.1, -0.05) is 26.2 Å². The minimum atomic E-state index is -5.48. The molecule has 27 heavy (non-hydrogen) atoms. The molecule has 0 aromatic carbocycles. The van der Waals surface area contributed by atoms with Gasteiger partial charge in [0.15, 0.2) is 0 Å². The number of unbranched alkanes of at least 4 members (excludes halogenated alkanes) is 1. The highest BCUT2D eigenvalue weighted by atomic mass is 31.3. The Morgan fingerprint density at radius 3 is 2.22 bits per heavy atom. The van der Waals surface area contributed by atoms with E-state index < -0.39 is 29.6 Å². The van der Waals surface area contributed by atoms with Crippen LogP contribution < -0.4 is 0 Å². The second-order valence-electron chi connectivity index (χ2n) is 6.90. The molecule has 1 saturated carbocycles. The van der Waals surface area contributed by atoms with E-state index in [9.17, 15) is 18.6 Å². The lowest BCUT2D eigenvalue weighted by Crippen LogP contribution is -2.36. The van der Waals surface area contributed by atoms with Crippen LogP contribution in [0.15, 0.2) is 0 Å². The van der Waals surface area contributed by atoms with Gasteiger partial charge in [-0.05, 0) is 37.5 Å². The van der Waals surface area contributed by atoms with E-state index in [-0.39, 0.29) is 12.7 Å². The second kappa shape index (κ2) is 9.45. The number of phosphoric acid groups is 3. The molecule has 160 valence electrons. The Kier molecular flexibility index (Phi) is 8.28. The van der Waals surface area contributed by atoms with Gasteiger partial charge in [-0.15, -0.1) is 0 Å². The number of phosphoric ester groups is 1. The summed E-state index contributed by atoms with van der Waals surface area (Å²) in [4.78, 5) is 35.5. The van der Waals surface area contributed by atoms with Crippen molar-refractivity contribution < 1.29 is 51.2 Å². The van der Waals surface area contributed by atoms with Gasteiger partial charge in [-0.25, -0.2) is 13.7 Å². The summed E-state index contributed by atoms with van der Waals surface area (Å²) in [6, 6.07) is 0. The van der Waals surface area contributed by atoms with Crippen molar-refractivity contribution in [2.45, 2.75) is 64.1 Å². The van der Waals surface area contributed by atoms with Crippen molar-refractivity contribution in [1.29, 1.82) is 0 Å². The van der Waals surface area contributed by atoms with E-state index in [1.54, 1.807) is 0 Å². The van der Waals surface area contributed by atoms with Crippen LogP contribution in [0.4, 0.5) is 0 Å². The van der Waals surface area contributed by atoms with Gasteiger partial charge in [-0.3, -0.25) is 4.52 Å². The molecule has 11 nitrogen and oxygen atoms in total. The maximum atomic E-state index is 11.7. The molecule has 0 amide bonds. The van der Waals surface area contributed by atoms with E-state index in [1.165, 1.54) is 19.3 Å². The first kappa shape index (κ1) is 23.6. The topological polar surface area (TPSA) is 169 Å². The van der Waals surface area contributed by atoms with Gasteiger partial charge in [0.2, 0.25) is 0 Å². The van der Waals surface area contributed by atoms with Crippen LogP contribution in [0.1, 0.15) is 51.9 Å². The zero-order chi connectivity index (χ0) is 20.3. The van der Waals surface area contributed by atoms with E-state index in [2.05, 4.69) is 20.1 Å². The first-order valence-corrected chi connectivity index (χ1v) is 13.4. The van der Waals surface area contributed by atoms with Crippen molar-refractivity contribution in [3.05, 3.63) is 0 Å². The number of hydrogen-bond acceptors (Lipinski definition) is 7. The smallest absolute Gasteiger partial charge is 0.372 e. The summed E-state index contributed by atoms with van der Waals surface area (Å²) in [6.45, 7) is 1.80. The molecule has 2 rings (SSSR count). The average Bonchev–Trinajstić information content (AvgIpc) is 2.89. The van der Waals surface area contributed by atoms with Crippen LogP contribution in [0.25, 0.3) is 0 Å². The summed E-state index contributed by atoms with van der Waals surface area (Å²) < 4.78 is 51.4. The Hall–Kier alpha value is 0.370. The van der Waals surface area contributed by atoms with Gasteiger partial charge < -0.3 is 24.3 Å². The van der Waals surface area contributed by atoms with Crippen molar-refractivity contribution in [2.75, 3.05) is 6.61 Å². The summed E-state index contributed by atoms with van der Waals surface area (Å²) >= 11 is 0. The fourth-order valence-corrected chi connectivity index (χ4v) is 6.61. The Bertz CT molecular complexity index is 635. The van der Waals surface area contributed by atoms with Crippen LogP contribution in [0.3, 0.4) is 0 Å². The maximum absolute atomic E-state index is 11.7. The largest absolute Gasteiger partial charge is 0.490 e. The van der Waals surface area contributed by atoms with Crippen LogP contribution in [-0.4, -0.2) is 38.4 Å². The number of rotatable bonds is 11. The Balaban J connectivity index is 1.77. The van der Waals surface area contributed by atoms with Gasteiger partial charge in [0.1, 0.15) is 0 Å². The molecule has 6 atom stereocenters. The van der Waals surface area contributed by atoms with E-state index in [1.807, 2.05) is 0 Å². The normalized spacial score (nSPS) is 33.2. The number of ether oxygens (including phenoxy) is 1. The highest BCUT2D eigenvalue weighted by Gasteiger charge is 2.43. The zero-order valence-corrected chi connectivity index (χ0v) is 17.6. The van der Waals surface area contributed by atoms with Gasteiger partial charge in [-0.2, -0.15) is 8.62 Å². The van der Waals surface area contributed by atoms with Crippen LogP contribution in [-0.2, 0) is 31.6 Å². The molecule has 1 aliphatic carbocycles. The molecule has 1 heterocycles. The van der Waals surface area contributed by atoms with Crippen molar-refractivity contribution in [3.63, 3.8) is 0 Å². The van der Waals surface area contributed by atoms with Crippen molar-refractivity contribution in [2.24, 2.45) is 11.8 Å². The standard InChI is InChI=1S/C13H27O11P3/c1-2-3-4-10-5-7-12(10)13-8-6-11(22-13)9-21-26(17,18)24-27(19,20)23-25(14,15)16/h10-13H,2-9H2,1H3,(H,17,18)(H,19,20)(H2,14,15,16)/t10?,11-,12?,13+/m0/s1. The zero-order valence-electron chi connectivity index (χ0n) is 15.0. The molecule has 2 fully saturated rings. The van der Waals surface area contributed by atoms with Gasteiger partial charge in [0, 0.05) is 0 Å². The lowest BCUT2D eigenvalue weighted by molar-refractivity contribution is -0.0553. The molecule has 0 radical (unpaired) electrons. The molecule has 0 spiro atoms. The molecular formula is C13H27O11P3. The van der Waals surface area contributed by atoms with Crippen LogP contribution in [0.5, 0.6) is 0 Å². The van der Waals surface area contributed by atoms with Crippen LogP contribution in [0.2, 0.25) is 0 Å². The predicted octanol–water partition coefficient (Wildman–Crippen LogP) is 3.09. The quantitative estimate of drug-likeness (QED) is 0.340. The SMILES string of the molecule is CCCCC1CCC1[C@H]1CC[C@@H](COP(=O)(O)OP(=O)(O)OP(=O)(O)O)O1. The van der Waals surface area contributed by atoms with Crippen molar-refractivity contribution >= 4 is 23.5 Å². The number of hydrogen-bond donors (Lipinski definition) is 4. The fraction of sp³-hybridized carbons (Fsp3) is 1.00. The van der Waals surface area contributed by atoms with E-state index in [0.29, 0.717) is 18.3 Å². The predicted molar refractivity (Wildman–Crippen MR) is 93.5 cm³/mol. The lowest BCUT2D eigenvalue weighted by atomic mass is 9.68. The van der Waals surface area contributed by atoms with E-state index in [4.69, 9.17) is 19.4 Å². The third-order valence-electron chi connectivity index (χ3n) is 4.86. The summed E-state index contributed by atoms with van der Waals surface area (Å²) in [5.74, 6) is 1.13. The molecule has 0 aromatic heterocycles. The first-order valence-electron chi connectivity index (χ1n) is 8.84. The third-order valence-corrected chi connectivity index (χ3v) is 8.66. The van der Waals surface area contributed by atoms with Gasteiger partial charge in [0.25, 0.3) is 0 Å². The molecule has 14 heteroatoms. The Morgan fingerprint density at radius 1 is 0.963 bits per heavy atom. The van der Waals surface area contributed by atoms with E-state index in [0.717, 1.165) is 19.3 Å². The molecule has 2 aliphatic rings. The Morgan fingerprint density at radius 2 is 1.67 bits per heavy atom. The minimum absolute atomic E-state index is 0.0649. The summed E-state index contributed by atoms with van der Waals surface area (Å²) in [5, 5.41) is 0. The summed E-state index contributed by atoms with van der Waals surface area (Å²) in [5.41, 5.74) is 0. The first-order chi connectivity index (χ1) is 12.4. The molecule has 4 unspecified atom stereocenters.